The fourth-order valence-electron chi connectivity index (χ4n) is 1.39. The first-order valence-electron chi connectivity index (χ1n) is 5.41. The van der Waals surface area contributed by atoms with Gasteiger partial charge in [-0.25, -0.2) is 0 Å². The second-order valence-electron chi connectivity index (χ2n) is 4.41. The molecule has 18 heavy (non-hydrogen) atoms. The van der Waals surface area contributed by atoms with Gasteiger partial charge in [-0.1, -0.05) is 30.3 Å². The molecule has 5 nitrogen and oxygen atoms in total. The molecule has 6 heteroatoms. The fraction of sp³-hybridized carbons (Fsp3) is 0.417. The summed E-state index contributed by atoms with van der Waals surface area (Å²) < 4.78 is 34.4. The number of benzene rings is 1. The minimum absolute atomic E-state index is 0.353. The van der Waals surface area contributed by atoms with Crippen LogP contribution < -0.4 is 0 Å². The molecule has 1 aromatic carbocycles. The molecule has 0 radical (unpaired) electrons. The summed E-state index contributed by atoms with van der Waals surface area (Å²) in [5.74, 6) is -1.12. The Balaban J connectivity index is 2.66. The summed E-state index contributed by atoms with van der Waals surface area (Å²) in [6, 6.07) is 9.04. The third kappa shape index (κ3) is 4.12. The summed E-state index contributed by atoms with van der Waals surface area (Å²) in [7, 11) is -4.11. The van der Waals surface area contributed by atoms with Crippen LogP contribution in [0.1, 0.15) is 19.4 Å². The molecule has 100 valence electrons. The fourth-order valence-corrected chi connectivity index (χ4v) is 1.69. The molecule has 0 bridgehead atoms. The van der Waals surface area contributed by atoms with E-state index in [1.807, 2.05) is 18.2 Å². The molecule has 0 spiro atoms. The van der Waals surface area contributed by atoms with Gasteiger partial charge in [-0.15, -0.1) is 0 Å². The van der Waals surface area contributed by atoms with Crippen molar-refractivity contribution in [1.29, 1.82) is 0 Å². The van der Waals surface area contributed by atoms with Crippen LogP contribution in [0.2, 0.25) is 0 Å². The maximum atomic E-state index is 11.9. The molecule has 0 aromatic heterocycles. The maximum absolute atomic E-state index is 11.9. The summed E-state index contributed by atoms with van der Waals surface area (Å²) in [6.07, 6.45) is 0. The summed E-state index contributed by atoms with van der Waals surface area (Å²) in [5, 5.41) is 0. The normalized spacial score (nSPS) is 12.2. The highest BCUT2D eigenvalue weighted by atomic mass is 32.2. The highest BCUT2D eigenvalue weighted by Gasteiger charge is 2.31. The SMILES string of the molecule is CC(C)(C(=O)OCCS(=O)(=O)O)c1ccccc1. The standard InChI is InChI=1S/C12H16O5S/c1-12(2,10-6-4-3-5-7-10)11(13)17-8-9-18(14,15)16/h3-7H,8-9H2,1-2H3,(H,14,15,16). The van der Waals surface area contributed by atoms with Crippen molar-refractivity contribution in [1.82, 2.24) is 0 Å². The zero-order valence-corrected chi connectivity index (χ0v) is 11.1. The monoisotopic (exact) mass is 272 g/mol. The Morgan fingerprint density at radius 2 is 1.83 bits per heavy atom. The lowest BCUT2D eigenvalue weighted by Gasteiger charge is -2.22. The average molecular weight is 272 g/mol. The molecule has 1 N–H and O–H groups in total. The van der Waals surface area contributed by atoms with Crippen molar-refractivity contribution < 1.29 is 22.5 Å². The van der Waals surface area contributed by atoms with Crippen LogP contribution in [0.15, 0.2) is 30.3 Å². The predicted molar refractivity (Wildman–Crippen MR) is 66.8 cm³/mol. The first-order valence-corrected chi connectivity index (χ1v) is 7.02. The van der Waals surface area contributed by atoms with Crippen molar-refractivity contribution in [3.63, 3.8) is 0 Å². The van der Waals surface area contributed by atoms with Gasteiger partial charge in [0.1, 0.15) is 12.4 Å². The first-order chi connectivity index (χ1) is 8.23. The molecule has 0 aliphatic rings. The number of ether oxygens (including phenoxy) is 1. The largest absolute Gasteiger partial charge is 0.464 e. The Kier molecular flexibility index (Phi) is 4.48. The second kappa shape index (κ2) is 5.49. The van der Waals surface area contributed by atoms with E-state index in [9.17, 15) is 13.2 Å². The van der Waals surface area contributed by atoms with Gasteiger partial charge in [0.2, 0.25) is 0 Å². The number of carbonyl (C=O) groups excluding carboxylic acids is 1. The molecule has 0 aliphatic carbocycles. The lowest BCUT2D eigenvalue weighted by Crippen LogP contribution is -2.32. The van der Waals surface area contributed by atoms with Crippen molar-refractivity contribution in [3.05, 3.63) is 35.9 Å². The molecule has 0 saturated heterocycles. The Hall–Kier alpha value is -1.40. The van der Waals surface area contributed by atoms with Crippen molar-refractivity contribution in [2.75, 3.05) is 12.4 Å². The average Bonchev–Trinajstić information content (AvgIpc) is 2.28. The third-order valence-corrected chi connectivity index (χ3v) is 3.26. The van der Waals surface area contributed by atoms with E-state index >= 15 is 0 Å². The van der Waals surface area contributed by atoms with Crippen LogP contribution in [0.3, 0.4) is 0 Å². The maximum Gasteiger partial charge on any atom is 0.316 e. The highest BCUT2D eigenvalue weighted by molar-refractivity contribution is 7.85. The Labute approximate surface area is 107 Å². The summed E-state index contributed by atoms with van der Waals surface area (Å²) in [6.45, 7) is 3.03. The molecule has 0 saturated carbocycles. The predicted octanol–water partition coefficient (Wildman–Crippen LogP) is 1.40. The third-order valence-electron chi connectivity index (χ3n) is 2.58. The Morgan fingerprint density at radius 1 is 1.28 bits per heavy atom. The number of carbonyl (C=O) groups is 1. The molecule has 0 amide bonds. The van der Waals surface area contributed by atoms with E-state index in [1.165, 1.54) is 0 Å². The quantitative estimate of drug-likeness (QED) is 0.647. The van der Waals surface area contributed by atoms with E-state index in [0.717, 1.165) is 5.56 Å². The molecule has 0 aliphatic heterocycles. The lowest BCUT2D eigenvalue weighted by molar-refractivity contribution is -0.148. The van der Waals surface area contributed by atoms with Gasteiger partial charge in [-0.2, -0.15) is 8.42 Å². The Morgan fingerprint density at radius 3 is 2.33 bits per heavy atom. The molecule has 0 atom stereocenters. The van der Waals surface area contributed by atoms with E-state index in [0.29, 0.717) is 0 Å². The van der Waals surface area contributed by atoms with Gasteiger partial charge in [0.15, 0.2) is 0 Å². The smallest absolute Gasteiger partial charge is 0.316 e. The van der Waals surface area contributed by atoms with Crippen LogP contribution in [-0.4, -0.2) is 31.3 Å². The van der Waals surface area contributed by atoms with Gasteiger partial charge in [-0.3, -0.25) is 9.35 Å². The number of rotatable bonds is 5. The zero-order chi connectivity index (χ0) is 13.8. The van der Waals surface area contributed by atoms with Crippen molar-refractivity contribution in [2.45, 2.75) is 19.3 Å². The molecular weight excluding hydrogens is 256 g/mol. The van der Waals surface area contributed by atoms with E-state index in [-0.39, 0.29) is 6.61 Å². The van der Waals surface area contributed by atoms with Gasteiger partial charge < -0.3 is 4.74 Å². The molecule has 1 aromatic rings. The van der Waals surface area contributed by atoms with Crippen LogP contribution >= 0.6 is 0 Å². The van der Waals surface area contributed by atoms with E-state index < -0.39 is 27.3 Å². The molecule has 0 fully saturated rings. The van der Waals surface area contributed by atoms with Crippen LogP contribution in [0.5, 0.6) is 0 Å². The summed E-state index contributed by atoms with van der Waals surface area (Å²) in [4.78, 5) is 11.9. The zero-order valence-electron chi connectivity index (χ0n) is 10.3. The minimum Gasteiger partial charge on any atom is -0.464 e. The van der Waals surface area contributed by atoms with Crippen LogP contribution in [0.4, 0.5) is 0 Å². The van der Waals surface area contributed by atoms with Gasteiger partial charge in [-0.05, 0) is 19.4 Å². The van der Waals surface area contributed by atoms with Gasteiger partial charge in [0, 0.05) is 0 Å². The van der Waals surface area contributed by atoms with E-state index in [2.05, 4.69) is 0 Å². The lowest BCUT2D eigenvalue weighted by atomic mass is 9.85. The number of hydrogen-bond acceptors (Lipinski definition) is 4. The molecule has 0 unspecified atom stereocenters. The minimum atomic E-state index is -4.11. The van der Waals surface area contributed by atoms with Crippen molar-refractivity contribution in [3.8, 4) is 0 Å². The summed E-state index contributed by atoms with van der Waals surface area (Å²) >= 11 is 0. The van der Waals surface area contributed by atoms with Crippen LogP contribution in [0, 0.1) is 0 Å². The van der Waals surface area contributed by atoms with Gasteiger partial charge >= 0.3 is 5.97 Å². The van der Waals surface area contributed by atoms with Gasteiger partial charge in [0.25, 0.3) is 10.1 Å². The van der Waals surface area contributed by atoms with Crippen LogP contribution in [-0.2, 0) is 25.1 Å². The van der Waals surface area contributed by atoms with E-state index in [4.69, 9.17) is 9.29 Å². The second-order valence-corrected chi connectivity index (χ2v) is 5.99. The highest BCUT2D eigenvalue weighted by Crippen LogP contribution is 2.24. The topological polar surface area (TPSA) is 80.7 Å². The van der Waals surface area contributed by atoms with Crippen molar-refractivity contribution in [2.24, 2.45) is 0 Å². The molecule has 1 rings (SSSR count). The molecule has 0 heterocycles. The first kappa shape index (κ1) is 14.7. The summed E-state index contributed by atoms with van der Waals surface area (Å²) in [5.41, 5.74) is -0.0811. The van der Waals surface area contributed by atoms with Crippen molar-refractivity contribution >= 4 is 16.1 Å². The van der Waals surface area contributed by atoms with E-state index in [1.54, 1.807) is 26.0 Å². The molecular formula is C12H16O5S. The van der Waals surface area contributed by atoms with Gasteiger partial charge in [0.05, 0.1) is 5.41 Å². The Bertz CT molecular complexity index is 505. The number of esters is 1. The van der Waals surface area contributed by atoms with Crippen LogP contribution in [0.25, 0.3) is 0 Å². The number of hydrogen-bond donors (Lipinski definition) is 1.